The Morgan fingerprint density at radius 3 is 2.70 bits per heavy atom. The van der Waals surface area contributed by atoms with E-state index in [4.69, 9.17) is 9.47 Å². The van der Waals surface area contributed by atoms with Gasteiger partial charge in [-0.15, -0.1) is 22.7 Å². The fourth-order valence-electron chi connectivity index (χ4n) is 2.23. The van der Waals surface area contributed by atoms with Crippen molar-refractivity contribution >= 4 is 27.8 Å². The van der Waals surface area contributed by atoms with Gasteiger partial charge in [-0.3, -0.25) is 0 Å². The first-order chi connectivity index (χ1) is 11.3. The number of methoxy groups -OCH3 is 2. The van der Waals surface area contributed by atoms with E-state index in [0.717, 1.165) is 35.1 Å². The van der Waals surface area contributed by atoms with Crippen molar-refractivity contribution in [2.75, 3.05) is 26.1 Å². The van der Waals surface area contributed by atoms with E-state index in [1.54, 1.807) is 36.9 Å². The van der Waals surface area contributed by atoms with E-state index in [2.05, 4.69) is 33.2 Å². The molecule has 0 unspecified atom stereocenters. The predicted octanol–water partition coefficient (Wildman–Crippen LogP) is 4.54. The number of rotatable bonds is 7. The minimum absolute atomic E-state index is 0.713. The maximum absolute atomic E-state index is 5.35. The van der Waals surface area contributed by atoms with Gasteiger partial charge in [0.25, 0.3) is 0 Å². The highest BCUT2D eigenvalue weighted by Crippen LogP contribution is 2.33. The third-order valence-electron chi connectivity index (χ3n) is 3.41. The Balaban J connectivity index is 1.66. The molecule has 0 atom stereocenters. The molecular weight excluding hydrogens is 328 g/mol. The standard InChI is InChI=1S/C17H18N2O2S2/c1-20-15-6-5-12(10-16(15)21-2)14-11-23-17(19-14)18-8-7-13-4-3-9-22-13/h3-6,9-11H,7-8H2,1-2H3,(H,18,19). The number of thiazole rings is 1. The van der Waals surface area contributed by atoms with Crippen molar-refractivity contribution in [2.24, 2.45) is 0 Å². The lowest BCUT2D eigenvalue weighted by molar-refractivity contribution is 0.355. The molecule has 0 aliphatic carbocycles. The number of nitrogens with zero attached hydrogens (tertiary/aromatic N) is 1. The van der Waals surface area contributed by atoms with Crippen LogP contribution in [0.4, 0.5) is 5.13 Å². The Bertz CT molecular complexity index is 754. The maximum Gasteiger partial charge on any atom is 0.183 e. The molecule has 0 fully saturated rings. The van der Waals surface area contributed by atoms with Crippen molar-refractivity contribution < 1.29 is 9.47 Å². The fraction of sp³-hybridized carbons (Fsp3) is 0.235. The van der Waals surface area contributed by atoms with E-state index in [9.17, 15) is 0 Å². The second-order valence-corrected chi connectivity index (χ2v) is 6.75. The van der Waals surface area contributed by atoms with Gasteiger partial charge in [0.05, 0.1) is 19.9 Å². The summed E-state index contributed by atoms with van der Waals surface area (Å²) in [6.07, 6.45) is 1.02. The van der Waals surface area contributed by atoms with Gasteiger partial charge in [0.1, 0.15) is 0 Å². The van der Waals surface area contributed by atoms with Crippen LogP contribution in [-0.2, 0) is 6.42 Å². The van der Waals surface area contributed by atoms with Crippen LogP contribution in [0.1, 0.15) is 4.88 Å². The summed E-state index contributed by atoms with van der Waals surface area (Å²) in [5, 5.41) is 8.47. The van der Waals surface area contributed by atoms with E-state index in [0.29, 0.717) is 5.75 Å². The lowest BCUT2D eigenvalue weighted by Crippen LogP contribution is -2.03. The van der Waals surface area contributed by atoms with Gasteiger partial charge in [0.2, 0.25) is 0 Å². The number of hydrogen-bond donors (Lipinski definition) is 1. The summed E-state index contributed by atoms with van der Waals surface area (Å²) in [4.78, 5) is 6.03. The average Bonchev–Trinajstić information content (AvgIpc) is 3.26. The molecule has 0 spiro atoms. The Labute approximate surface area is 143 Å². The zero-order valence-electron chi connectivity index (χ0n) is 13.0. The minimum atomic E-state index is 0.713. The van der Waals surface area contributed by atoms with Gasteiger partial charge in [-0.05, 0) is 36.1 Å². The molecule has 0 aliphatic rings. The van der Waals surface area contributed by atoms with Crippen LogP contribution in [0, 0.1) is 0 Å². The zero-order valence-corrected chi connectivity index (χ0v) is 14.7. The van der Waals surface area contributed by atoms with Crippen molar-refractivity contribution in [1.82, 2.24) is 4.98 Å². The van der Waals surface area contributed by atoms with Crippen LogP contribution in [-0.4, -0.2) is 25.7 Å². The Kier molecular flexibility index (Phi) is 5.15. The second kappa shape index (κ2) is 7.48. The first-order valence-corrected chi connectivity index (χ1v) is 9.00. The maximum atomic E-state index is 5.35. The molecule has 2 aromatic heterocycles. The first kappa shape index (κ1) is 15.8. The van der Waals surface area contributed by atoms with Crippen molar-refractivity contribution in [3.8, 4) is 22.8 Å². The highest BCUT2D eigenvalue weighted by molar-refractivity contribution is 7.14. The van der Waals surface area contributed by atoms with Gasteiger partial charge < -0.3 is 14.8 Å². The summed E-state index contributed by atoms with van der Waals surface area (Å²) in [6, 6.07) is 10.1. The topological polar surface area (TPSA) is 43.4 Å². The van der Waals surface area contributed by atoms with Gasteiger partial charge >= 0.3 is 0 Å². The van der Waals surface area contributed by atoms with Crippen molar-refractivity contribution in [3.63, 3.8) is 0 Å². The lowest BCUT2D eigenvalue weighted by Gasteiger charge is -2.08. The van der Waals surface area contributed by atoms with Crippen LogP contribution in [0.15, 0.2) is 41.1 Å². The molecule has 6 heteroatoms. The van der Waals surface area contributed by atoms with Crippen LogP contribution in [0.5, 0.6) is 11.5 Å². The van der Waals surface area contributed by atoms with Crippen LogP contribution >= 0.6 is 22.7 Å². The molecule has 0 saturated heterocycles. The molecule has 23 heavy (non-hydrogen) atoms. The largest absolute Gasteiger partial charge is 0.493 e. The van der Waals surface area contributed by atoms with E-state index < -0.39 is 0 Å². The molecule has 0 saturated carbocycles. The summed E-state index contributed by atoms with van der Waals surface area (Å²) in [5.74, 6) is 1.44. The van der Waals surface area contributed by atoms with Crippen LogP contribution in [0.2, 0.25) is 0 Å². The summed E-state index contributed by atoms with van der Waals surface area (Å²) in [5.41, 5.74) is 1.96. The smallest absolute Gasteiger partial charge is 0.183 e. The van der Waals surface area contributed by atoms with Crippen molar-refractivity contribution in [1.29, 1.82) is 0 Å². The number of thiophene rings is 1. The molecular formula is C17H18N2O2S2. The van der Waals surface area contributed by atoms with E-state index in [-0.39, 0.29) is 0 Å². The Hall–Kier alpha value is -2.05. The number of benzene rings is 1. The predicted molar refractivity (Wildman–Crippen MR) is 97.2 cm³/mol. The Morgan fingerprint density at radius 1 is 1.09 bits per heavy atom. The van der Waals surface area contributed by atoms with Gasteiger partial charge in [0, 0.05) is 22.4 Å². The molecule has 3 aromatic rings. The number of anilines is 1. The fourth-order valence-corrected chi connectivity index (χ4v) is 3.69. The molecule has 0 radical (unpaired) electrons. The third kappa shape index (κ3) is 3.83. The molecule has 0 aliphatic heterocycles. The summed E-state index contributed by atoms with van der Waals surface area (Å²) in [7, 11) is 3.27. The molecule has 0 bridgehead atoms. The monoisotopic (exact) mass is 346 g/mol. The molecule has 3 rings (SSSR count). The SMILES string of the molecule is COc1ccc(-c2csc(NCCc3cccs3)n2)cc1OC. The quantitative estimate of drug-likeness (QED) is 0.682. The third-order valence-corrected chi connectivity index (χ3v) is 5.15. The highest BCUT2D eigenvalue weighted by atomic mass is 32.1. The molecule has 1 N–H and O–H groups in total. The number of hydrogen-bond acceptors (Lipinski definition) is 6. The number of nitrogens with one attached hydrogen (secondary N) is 1. The zero-order chi connectivity index (χ0) is 16.1. The molecule has 4 nitrogen and oxygen atoms in total. The lowest BCUT2D eigenvalue weighted by atomic mass is 10.1. The van der Waals surface area contributed by atoms with Crippen LogP contribution < -0.4 is 14.8 Å². The average molecular weight is 346 g/mol. The van der Waals surface area contributed by atoms with Gasteiger partial charge in [-0.25, -0.2) is 4.98 Å². The molecule has 120 valence electrons. The summed E-state index contributed by atoms with van der Waals surface area (Å²) < 4.78 is 10.6. The van der Waals surface area contributed by atoms with Gasteiger partial charge in [-0.2, -0.15) is 0 Å². The van der Waals surface area contributed by atoms with Crippen LogP contribution in [0.25, 0.3) is 11.3 Å². The van der Waals surface area contributed by atoms with Crippen molar-refractivity contribution in [3.05, 3.63) is 46.0 Å². The van der Waals surface area contributed by atoms with Crippen LogP contribution in [0.3, 0.4) is 0 Å². The van der Waals surface area contributed by atoms with Gasteiger partial charge in [-0.1, -0.05) is 6.07 Å². The summed E-state index contributed by atoms with van der Waals surface area (Å²) >= 11 is 3.40. The Morgan fingerprint density at radius 2 is 1.96 bits per heavy atom. The second-order valence-electron chi connectivity index (χ2n) is 4.86. The number of ether oxygens (including phenoxy) is 2. The van der Waals surface area contributed by atoms with E-state index in [1.807, 2.05) is 18.2 Å². The molecule has 2 heterocycles. The first-order valence-electron chi connectivity index (χ1n) is 7.24. The molecule has 1 aromatic carbocycles. The van der Waals surface area contributed by atoms with Gasteiger partial charge in [0.15, 0.2) is 16.6 Å². The van der Waals surface area contributed by atoms with E-state index in [1.165, 1.54) is 4.88 Å². The molecule has 0 amide bonds. The highest BCUT2D eigenvalue weighted by Gasteiger charge is 2.09. The summed E-state index contributed by atoms with van der Waals surface area (Å²) in [6.45, 7) is 0.888. The van der Waals surface area contributed by atoms with Crippen molar-refractivity contribution in [2.45, 2.75) is 6.42 Å². The normalized spacial score (nSPS) is 10.5. The van der Waals surface area contributed by atoms with E-state index >= 15 is 0 Å². The number of aromatic nitrogens is 1. The minimum Gasteiger partial charge on any atom is -0.493 e.